The van der Waals surface area contributed by atoms with E-state index in [1.165, 1.54) is 22.9 Å². The van der Waals surface area contributed by atoms with Gasteiger partial charge in [0.25, 0.3) is 0 Å². The van der Waals surface area contributed by atoms with Crippen LogP contribution in [0, 0.1) is 0 Å². The molecule has 0 saturated heterocycles. The van der Waals surface area contributed by atoms with Gasteiger partial charge in [0.2, 0.25) is 0 Å². The molecule has 0 heterocycles. The summed E-state index contributed by atoms with van der Waals surface area (Å²) in [7, 11) is 0. The average Bonchev–Trinajstić information content (AvgIpc) is 2.46. The lowest BCUT2D eigenvalue weighted by Crippen LogP contribution is -2.24. The minimum Gasteiger partial charge on any atom is -0.459 e. The SMILES string of the molecule is CC(C)(C)OC(=O)CSc1ccc(Cc2ccccc2)cc1. The van der Waals surface area contributed by atoms with Crippen molar-refractivity contribution in [3.05, 3.63) is 65.7 Å². The topological polar surface area (TPSA) is 26.3 Å². The molecule has 2 nitrogen and oxygen atoms in total. The van der Waals surface area contributed by atoms with E-state index >= 15 is 0 Å². The Bertz CT molecular complexity index is 598. The van der Waals surface area contributed by atoms with Gasteiger partial charge in [-0.2, -0.15) is 0 Å². The fraction of sp³-hybridized carbons (Fsp3) is 0.316. The molecule has 0 spiro atoms. The van der Waals surface area contributed by atoms with Crippen molar-refractivity contribution in [3.63, 3.8) is 0 Å². The number of carbonyl (C=O) groups excluding carboxylic acids is 1. The highest BCUT2D eigenvalue weighted by Gasteiger charge is 2.16. The lowest BCUT2D eigenvalue weighted by atomic mass is 10.1. The van der Waals surface area contributed by atoms with Gasteiger partial charge in [-0.3, -0.25) is 4.79 Å². The molecule has 0 aliphatic carbocycles. The minimum absolute atomic E-state index is 0.175. The molecule has 2 rings (SSSR count). The Morgan fingerprint density at radius 1 is 0.955 bits per heavy atom. The predicted molar refractivity (Wildman–Crippen MR) is 92.3 cm³/mol. The molecule has 116 valence electrons. The first kappa shape index (κ1) is 16.6. The van der Waals surface area contributed by atoms with Gasteiger partial charge in [0.05, 0.1) is 5.75 Å². The van der Waals surface area contributed by atoms with E-state index in [4.69, 9.17) is 4.74 Å². The highest BCUT2D eigenvalue weighted by atomic mass is 32.2. The lowest BCUT2D eigenvalue weighted by molar-refractivity contribution is -0.151. The normalized spacial score (nSPS) is 11.2. The molecule has 0 aromatic heterocycles. The maximum Gasteiger partial charge on any atom is 0.316 e. The van der Waals surface area contributed by atoms with E-state index < -0.39 is 5.60 Å². The van der Waals surface area contributed by atoms with E-state index in [0.717, 1.165) is 11.3 Å². The standard InChI is InChI=1S/C19H22O2S/c1-19(2,3)21-18(20)14-22-17-11-9-16(10-12-17)13-15-7-5-4-6-8-15/h4-12H,13-14H2,1-3H3. The molecular weight excluding hydrogens is 292 g/mol. The molecule has 0 aliphatic heterocycles. The number of hydrogen-bond donors (Lipinski definition) is 0. The van der Waals surface area contributed by atoms with E-state index in [0.29, 0.717) is 5.75 Å². The maximum atomic E-state index is 11.7. The summed E-state index contributed by atoms with van der Waals surface area (Å²) in [5, 5.41) is 0. The number of rotatable bonds is 5. The first-order valence-electron chi connectivity index (χ1n) is 7.40. The van der Waals surface area contributed by atoms with Crippen LogP contribution in [-0.4, -0.2) is 17.3 Å². The third kappa shape index (κ3) is 5.94. The van der Waals surface area contributed by atoms with Gasteiger partial charge in [0.15, 0.2) is 0 Å². The van der Waals surface area contributed by atoms with Gasteiger partial charge in [-0.15, -0.1) is 11.8 Å². The van der Waals surface area contributed by atoms with Crippen molar-refractivity contribution < 1.29 is 9.53 Å². The molecule has 0 aliphatic rings. The molecule has 0 fully saturated rings. The predicted octanol–water partition coefficient (Wildman–Crippen LogP) is 4.71. The summed E-state index contributed by atoms with van der Waals surface area (Å²) < 4.78 is 5.30. The van der Waals surface area contributed by atoms with E-state index in [9.17, 15) is 4.79 Å². The number of thioether (sulfide) groups is 1. The average molecular weight is 314 g/mol. The van der Waals surface area contributed by atoms with Crippen molar-refractivity contribution in [1.82, 2.24) is 0 Å². The van der Waals surface area contributed by atoms with Crippen LogP contribution in [0.3, 0.4) is 0 Å². The van der Waals surface area contributed by atoms with Gasteiger partial charge in [-0.05, 0) is 50.5 Å². The third-order valence-electron chi connectivity index (χ3n) is 2.95. The molecule has 2 aromatic carbocycles. The Hall–Kier alpha value is -1.74. The number of benzene rings is 2. The van der Waals surface area contributed by atoms with Crippen molar-refractivity contribution in [2.45, 2.75) is 37.7 Å². The number of esters is 1. The third-order valence-corrected chi connectivity index (χ3v) is 3.94. The first-order chi connectivity index (χ1) is 10.4. The Morgan fingerprint density at radius 3 is 2.14 bits per heavy atom. The van der Waals surface area contributed by atoms with Crippen LogP contribution >= 0.6 is 11.8 Å². The van der Waals surface area contributed by atoms with Crippen LogP contribution in [0.25, 0.3) is 0 Å². The second-order valence-corrected chi connectivity index (χ2v) is 7.23. The van der Waals surface area contributed by atoms with Crippen molar-refractivity contribution >= 4 is 17.7 Å². The molecule has 3 heteroatoms. The summed E-state index contributed by atoms with van der Waals surface area (Å²) >= 11 is 1.51. The van der Waals surface area contributed by atoms with Gasteiger partial charge in [0.1, 0.15) is 5.60 Å². The minimum atomic E-state index is -0.419. The van der Waals surface area contributed by atoms with Crippen LogP contribution in [0.4, 0.5) is 0 Å². The molecule has 0 amide bonds. The number of carbonyl (C=O) groups is 1. The summed E-state index contributed by atoms with van der Waals surface area (Å²) in [4.78, 5) is 12.8. The first-order valence-corrected chi connectivity index (χ1v) is 8.38. The van der Waals surface area contributed by atoms with Gasteiger partial charge in [0, 0.05) is 4.90 Å². The molecule has 0 saturated carbocycles. The van der Waals surface area contributed by atoms with Crippen molar-refractivity contribution in [2.75, 3.05) is 5.75 Å². The fourth-order valence-electron chi connectivity index (χ4n) is 2.05. The zero-order chi connectivity index (χ0) is 16.0. The monoisotopic (exact) mass is 314 g/mol. The molecule has 0 atom stereocenters. The summed E-state index contributed by atoms with van der Waals surface area (Å²) in [6, 6.07) is 18.8. The number of hydrogen-bond acceptors (Lipinski definition) is 3. The van der Waals surface area contributed by atoms with E-state index in [2.05, 4.69) is 48.5 Å². The van der Waals surface area contributed by atoms with Crippen LogP contribution in [0.2, 0.25) is 0 Å². The summed E-state index contributed by atoms with van der Waals surface area (Å²) in [6.07, 6.45) is 0.928. The van der Waals surface area contributed by atoms with Crippen molar-refractivity contribution in [2.24, 2.45) is 0 Å². The second-order valence-electron chi connectivity index (χ2n) is 6.18. The van der Waals surface area contributed by atoms with E-state index in [1.54, 1.807) is 0 Å². The van der Waals surface area contributed by atoms with Crippen LogP contribution < -0.4 is 0 Å². The van der Waals surface area contributed by atoms with Crippen LogP contribution in [0.5, 0.6) is 0 Å². The molecular formula is C19H22O2S. The van der Waals surface area contributed by atoms with Crippen LogP contribution in [0.15, 0.2) is 59.5 Å². The Labute approximate surface area is 136 Å². The van der Waals surface area contributed by atoms with Crippen molar-refractivity contribution in [1.29, 1.82) is 0 Å². The maximum absolute atomic E-state index is 11.7. The Kier molecular flexibility index (Phi) is 5.67. The fourth-order valence-corrected chi connectivity index (χ4v) is 2.72. The zero-order valence-electron chi connectivity index (χ0n) is 13.3. The number of ether oxygens (including phenoxy) is 1. The second kappa shape index (κ2) is 7.50. The van der Waals surface area contributed by atoms with Crippen LogP contribution in [-0.2, 0) is 16.0 Å². The molecule has 0 N–H and O–H groups in total. The molecule has 0 unspecified atom stereocenters. The van der Waals surface area contributed by atoms with Gasteiger partial charge < -0.3 is 4.74 Å². The largest absolute Gasteiger partial charge is 0.459 e. The van der Waals surface area contributed by atoms with Gasteiger partial charge in [-0.1, -0.05) is 42.5 Å². The van der Waals surface area contributed by atoms with Crippen LogP contribution in [0.1, 0.15) is 31.9 Å². The van der Waals surface area contributed by atoms with Gasteiger partial charge in [-0.25, -0.2) is 0 Å². The molecule has 0 bridgehead atoms. The highest BCUT2D eigenvalue weighted by molar-refractivity contribution is 8.00. The van der Waals surface area contributed by atoms with E-state index in [1.807, 2.05) is 26.8 Å². The smallest absolute Gasteiger partial charge is 0.316 e. The quantitative estimate of drug-likeness (QED) is 0.590. The molecule has 22 heavy (non-hydrogen) atoms. The summed E-state index contributed by atoms with van der Waals surface area (Å²) in [6.45, 7) is 5.65. The lowest BCUT2D eigenvalue weighted by Gasteiger charge is -2.19. The Morgan fingerprint density at radius 2 is 1.55 bits per heavy atom. The molecule has 0 radical (unpaired) electrons. The summed E-state index contributed by atoms with van der Waals surface area (Å²) in [5.41, 5.74) is 2.15. The van der Waals surface area contributed by atoms with Crippen molar-refractivity contribution in [3.8, 4) is 0 Å². The summed E-state index contributed by atoms with van der Waals surface area (Å²) in [5.74, 6) is 0.167. The van der Waals surface area contributed by atoms with Gasteiger partial charge >= 0.3 is 5.97 Å². The highest BCUT2D eigenvalue weighted by Crippen LogP contribution is 2.21. The Balaban J connectivity index is 1.86. The molecule has 2 aromatic rings. The zero-order valence-corrected chi connectivity index (χ0v) is 14.2. The van der Waals surface area contributed by atoms with E-state index in [-0.39, 0.29) is 5.97 Å².